The van der Waals surface area contributed by atoms with Gasteiger partial charge in [-0.25, -0.2) is 13.4 Å². The molecule has 0 unspecified atom stereocenters. The van der Waals surface area contributed by atoms with Crippen LogP contribution in [-0.4, -0.2) is 56.0 Å². The summed E-state index contributed by atoms with van der Waals surface area (Å²) >= 11 is 1.33. The average molecular weight is 463 g/mol. The number of carbonyl (C=O) groups excluding carboxylic acids is 2. The van der Waals surface area contributed by atoms with Crippen LogP contribution in [0.15, 0.2) is 29.6 Å². The number of nitrogens with zero attached hydrogens (tertiary/aromatic N) is 3. The van der Waals surface area contributed by atoms with E-state index in [1.165, 1.54) is 22.7 Å². The second-order valence-electron chi connectivity index (χ2n) is 8.19. The molecule has 10 heteroatoms. The number of aromatic nitrogens is 1. The molecular weight excluding hydrogens is 436 g/mol. The van der Waals surface area contributed by atoms with E-state index in [-0.39, 0.29) is 24.2 Å². The molecule has 2 fully saturated rings. The van der Waals surface area contributed by atoms with Gasteiger partial charge in [0.05, 0.1) is 23.6 Å². The van der Waals surface area contributed by atoms with Crippen LogP contribution in [-0.2, 0) is 19.6 Å². The highest BCUT2D eigenvalue weighted by atomic mass is 32.2. The van der Waals surface area contributed by atoms with E-state index in [1.54, 1.807) is 24.3 Å². The Morgan fingerprint density at radius 1 is 1.23 bits per heavy atom. The minimum absolute atomic E-state index is 0.0750. The van der Waals surface area contributed by atoms with Gasteiger partial charge in [-0.15, -0.1) is 11.3 Å². The number of benzene rings is 1. The van der Waals surface area contributed by atoms with Crippen molar-refractivity contribution in [2.75, 3.05) is 29.5 Å². The van der Waals surface area contributed by atoms with Crippen LogP contribution in [0.3, 0.4) is 0 Å². The molecule has 1 saturated heterocycles. The molecule has 0 spiro atoms. The number of hydrogen-bond donors (Lipinski definition) is 1. The molecule has 8 nitrogen and oxygen atoms in total. The van der Waals surface area contributed by atoms with Crippen molar-refractivity contribution in [3.8, 4) is 11.3 Å². The first-order chi connectivity index (χ1) is 14.7. The zero-order valence-corrected chi connectivity index (χ0v) is 19.2. The molecule has 4 rings (SSSR count). The van der Waals surface area contributed by atoms with Crippen molar-refractivity contribution in [1.82, 2.24) is 9.88 Å². The number of rotatable bonds is 6. The molecule has 31 heavy (non-hydrogen) atoms. The minimum Gasteiger partial charge on any atom is -0.339 e. The molecule has 0 radical (unpaired) electrons. The van der Waals surface area contributed by atoms with Crippen molar-refractivity contribution < 1.29 is 18.0 Å². The van der Waals surface area contributed by atoms with E-state index in [9.17, 15) is 18.0 Å². The molecule has 1 aliphatic heterocycles. The fraction of sp³-hybridized carbons (Fsp3) is 0.476. The maximum atomic E-state index is 12.7. The van der Waals surface area contributed by atoms with E-state index in [2.05, 4.69) is 10.3 Å². The fourth-order valence-corrected chi connectivity index (χ4v) is 5.41. The largest absolute Gasteiger partial charge is 0.339 e. The third kappa shape index (κ3) is 4.74. The topological polar surface area (TPSA) is 99.7 Å². The van der Waals surface area contributed by atoms with Crippen LogP contribution in [0.25, 0.3) is 11.3 Å². The molecule has 0 bridgehead atoms. The number of likely N-dealkylation sites (tertiary alicyclic amines) is 1. The molecule has 2 amide bonds. The van der Waals surface area contributed by atoms with Crippen LogP contribution < -0.4 is 9.62 Å². The quantitative estimate of drug-likeness (QED) is 0.712. The zero-order valence-electron chi connectivity index (χ0n) is 17.6. The second kappa shape index (κ2) is 8.58. The van der Waals surface area contributed by atoms with Gasteiger partial charge in [0.1, 0.15) is 0 Å². The van der Waals surface area contributed by atoms with Gasteiger partial charge < -0.3 is 10.2 Å². The number of nitrogens with one attached hydrogen (secondary N) is 1. The smallest absolute Gasteiger partial charge is 0.231 e. The summed E-state index contributed by atoms with van der Waals surface area (Å²) in [6.07, 6.45) is 5.79. The Bertz CT molecular complexity index is 1080. The summed E-state index contributed by atoms with van der Waals surface area (Å²) in [6.45, 7) is 0.489. The van der Waals surface area contributed by atoms with Gasteiger partial charge in [-0.2, -0.15) is 0 Å². The molecule has 2 heterocycles. The maximum absolute atomic E-state index is 12.7. The lowest BCUT2D eigenvalue weighted by Gasteiger charge is -2.23. The van der Waals surface area contributed by atoms with Gasteiger partial charge in [0, 0.05) is 37.0 Å². The Kier molecular flexibility index (Phi) is 6.02. The highest BCUT2D eigenvalue weighted by molar-refractivity contribution is 7.92. The van der Waals surface area contributed by atoms with E-state index in [4.69, 9.17) is 0 Å². The van der Waals surface area contributed by atoms with Crippen LogP contribution in [0.5, 0.6) is 0 Å². The first-order valence-electron chi connectivity index (χ1n) is 10.3. The standard InChI is InChI=1S/C21H26N4O4S2/c1-24(31(2,28)29)16-9-7-14(8-10-16)18-13-30-21(22-18)23-20(27)15-11-19(26)25(12-15)17-5-3-4-6-17/h7-10,13,15,17H,3-6,11-12H2,1-2H3,(H,22,23,27)/t15-/m1/s1. The summed E-state index contributed by atoms with van der Waals surface area (Å²) in [5.41, 5.74) is 2.09. The summed E-state index contributed by atoms with van der Waals surface area (Å²) < 4.78 is 24.5. The highest BCUT2D eigenvalue weighted by Crippen LogP contribution is 2.31. The van der Waals surface area contributed by atoms with E-state index >= 15 is 0 Å². The minimum atomic E-state index is -3.32. The van der Waals surface area contributed by atoms with Crippen molar-refractivity contribution >= 4 is 44.0 Å². The van der Waals surface area contributed by atoms with E-state index in [0.29, 0.717) is 29.1 Å². The Morgan fingerprint density at radius 3 is 2.55 bits per heavy atom. The van der Waals surface area contributed by atoms with Crippen molar-refractivity contribution in [1.29, 1.82) is 0 Å². The molecule has 2 aromatic rings. The Balaban J connectivity index is 1.39. The van der Waals surface area contributed by atoms with Crippen LogP contribution in [0.4, 0.5) is 10.8 Å². The van der Waals surface area contributed by atoms with Crippen LogP contribution >= 0.6 is 11.3 Å². The van der Waals surface area contributed by atoms with Crippen LogP contribution in [0, 0.1) is 5.92 Å². The number of thiazole rings is 1. The normalized spacial score (nSPS) is 19.7. The van der Waals surface area contributed by atoms with Gasteiger partial charge in [0.25, 0.3) is 0 Å². The molecule has 1 saturated carbocycles. The summed E-state index contributed by atoms with van der Waals surface area (Å²) in [6, 6.07) is 7.33. The zero-order chi connectivity index (χ0) is 22.2. The third-order valence-electron chi connectivity index (χ3n) is 6.05. The molecule has 1 N–H and O–H groups in total. The average Bonchev–Trinajstić information content (AvgIpc) is 3.47. The molecule has 1 atom stereocenters. The van der Waals surface area contributed by atoms with E-state index in [1.807, 2.05) is 10.3 Å². The monoisotopic (exact) mass is 462 g/mol. The second-order valence-corrected chi connectivity index (χ2v) is 11.1. The van der Waals surface area contributed by atoms with Crippen molar-refractivity contribution in [2.24, 2.45) is 5.92 Å². The Labute approximate surface area is 186 Å². The van der Waals surface area contributed by atoms with E-state index < -0.39 is 10.0 Å². The van der Waals surface area contributed by atoms with Gasteiger partial charge in [0.2, 0.25) is 21.8 Å². The molecule has 1 aromatic heterocycles. The fourth-order valence-electron chi connectivity index (χ4n) is 4.18. The Morgan fingerprint density at radius 2 is 1.90 bits per heavy atom. The number of sulfonamides is 1. The number of carbonyl (C=O) groups is 2. The lowest BCUT2D eigenvalue weighted by molar-refractivity contribution is -0.129. The first-order valence-corrected chi connectivity index (χ1v) is 13.1. The Hall–Kier alpha value is -2.46. The van der Waals surface area contributed by atoms with Gasteiger partial charge in [-0.1, -0.05) is 25.0 Å². The molecular formula is C21H26N4O4S2. The van der Waals surface area contributed by atoms with Crippen molar-refractivity contribution in [3.05, 3.63) is 29.6 Å². The summed E-state index contributed by atoms with van der Waals surface area (Å²) in [5, 5.41) is 5.19. The number of hydrogen-bond acceptors (Lipinski definition) is 6. The maximum Gasteiger partial charge on any atom is 0.231 e. The number of amides is 2. The molecule has 2 aliphatic rings. The highest BCUT2D eigenvalue weighted by Gasteiger charge is 2.38. The van der Waals surface area contributed by atoms with Crippen molar-refractivity contribution in [2.45, 2.75) is 38.1 Å². The van der Waals surface area contributed by atoms with E-state index in [0.717, 1.165) is 37.5 Å². The van der Waals surface area contributed by atoms with Gasteiger partial charge >= 0.3 is 0 Å². The van der Waals surface area contributed by atoms with Crippen LogP contribution in [0.1, 0.15) is 32.1 Å². The SMILES string of the molecule is CN(c1ccc(-c2csc(NC(=O)[C@@H]3CC(=O)N(C4CCCC4)C3)n2)cc1)S(C)(=O)=O. The van der Waals surface area contributed by atoms with Gasteiger partial charge in [0.15, 0.2) is 5.13 Å². The molecule has 1 aromatic carbocycles. The lowest BCUT2D eigenvalue weighted by Crippen LogP contribution is -2.35. The summed E-state index contributed by atoms with van der Waals surface area (Å²) in [7, 11) is -1.82. The van der Waals surface area contributed by atoms with Gasteiger partial charge in [-0.3, -0.25) is 13.9 Å². The first kappa shape index (κ1) is 21.8. The predicted octanol–water partition coefficient (Wildman–Crippen LogP) is 2.94. The number of anilines is 2. The van der Waals surface area contributed by atoms with Crippen LogP contribution in [0.2, 0.25) is 0 Å². The molecule has 1 aliphatic carbocycles. The van der Waals surface area contributed by atoms with Crippen molar-refractivity contribution in [3.63, 3.8) is 0 Å². The predicted molar refractivity (Wildman–Crippen MR) is 122 cm³/mol. The summed E-state index contributed by atoms with van der Waals surface area (Å²) in [4.78, 5) is 31.4. The lowest BCUT2D eigenvalue weighted by atomic mass is 10.1. The van der Waals surface area contributed by atoms with Gasteiger partial charge in [-0.05, 0) is 25.0 Å². The summed E-state index contributed by atoms with van der Waals surface area (Å²) in [5.74, 6) is -0.433. The third-order valence-corrected chi connectivity index (χ3v) is 8.02. The molecule has 166 valence electrons.